The lowest BCUT2D eigenvalue weighted by molar-refractivity contribution is -0.147. The molecule has 9 nitrogen and oxygen atoms in total. The first-order valence-corrected chi connectivity index (χ1v) is 10.5. The molecule has 2 aliphatic rings. The number of carbonyl (C=O) groups excluding carboxylic acids is 2. The highest BCUT2D eigenvalue weighted by atomic mass is 32.2. The Hall–Kier alpha value is -2.23. The molecular weight excluding hydrogens is 358 g/mol. The maximum Gasteiger partial charge on any atom is 0.234 e. The highest BCUT2D eigenvalue weighted by Crippen LogP contribution is 2.17. The number of nitrogens with one attached hydrogen (secondary N) is 1. The number of piperidine rings is 2. The maximum atomic E-state index is 12.2. The lowest BCUT2D eigenvalue weighted by Gasteiger charge is -2.26. The molecule has 2 aliphatic heterocycles. The summed E-state index contributed by atoms with van der Waals surface area (Å²) in [5.74, 6) is -0.383. The van der Waals surface area contributed by atoms with Crippen molar-refractivity contribution < 1.29 is 18.0 Å². The molecule has 0 radical (unpaired) electrons. The molecule has 0 saturated carbocycles. The van der Waals surface area contributed by atoms with E-state index in [1.165, 1.54) is 18.8 Å². The van der Waals surface area contributed by atoms with Crippen molar-refractivity contribution in [2.45, 2.75) is 38.5 Å². The molecular formula is C16H23N5O4S. The van der Waals surface area contributed by atoms with Crippen LogP contribution in [0, 0.1) is 0 Å². The quantitative estimate of drug-likeness (QED) is 0.723. The fourth-order valence-electron chi connectivity index (χ4n) is 3.12. The molecule has 3 rings (SSSR count). The minimum atomic E-state index is -3.71. The number of aromatic nitrogens is 2. The summed E-state index contributed by atoms with van der Waals surface area (Å²) in [7, 11) is -3.71. The Morgan fingerprint density at radius 1 is 0.962 bits per heavy atom. The number of carbonyl (C=O) groups is 2. The lowest BCUT2D eigenvalue weighted by atomic mass is 10.1. The normalized spacial score (nSPS) is 18.9. The SMILES string of the molecule is O=C1CCCC(=O)N1CCS(=O)(=O)Nc1cnc(N2CCCCC2)nc1. The minimum Gasteiger partial charge on any atom is -0.341 e. The standard InChI is InChI=1S/C16H23N5O4S/c22-14-5-4-6-15(23)21(14)9-10-26(24,25)19-13-11-17-16(18-12-13)20-7-2-1-3-8-20/h11-12,19H,1-10H2. The van der Waals surface area contributed by atoms with Crippen LogP contribution in [0.15, 0.2) is 12.4 Å². The largest absolute Gasteiger partial charge is 0.341 e. The predicted octanol–water partition coefficient (Wildman–Crippen LogP) is 0.748. The van der Waals surface area contributed by atoms with Crippen molar-refractivity contribution in [1.82, 2.24) is 14.9 Å². The third-order valence-electron chi connectivity index (χ3n) is 4.52. The van der Waals surface area contributed by atoms with Gasteiger partial charge in [-0.3, -0.25) is 19.2 Å². The number of hydrogen-bond acceptors (Lipinski definition) is 7. The zero-order valence-corrected chi connectivity index (χ0v) is 15.4. The fourth-order valence-corrected chi connectivity index (χ4v) is 4.11. The van der Waals surface area contributed by atoms with E-state index in [1.807, 2.05) is 0 Å². The van der Waals surface area contributed by atoms with E-state index in [-0.39, 0.29) is 42.6 Å². The summed E-state index contributed by atoms with van der Waals surface area (Å²) in [6.45, 7) is 1.67. The molecule has 3 heterocycles. The van der Waals surface area contributed by atoms with Gasteiger partial charge in [0.25, 0.3) is 0 Å². The van der Waals surface area contributed by atoms with E-state index in [1.54, 1.807) is 0 Å². The van der Waals surface area contributed by atoms with Crippen LogP contribution in [-0.2, 0) is 19.6 Å². The summed E-state index contributed by atoms with van der Waals surface area (Å²) in [6, 6.07) is 0. The predicted molar refractivity (Wildman–Crippen MR) is 96.1 cm³/mol. The van der Waals surface area contributed by atoms with Gasteiger partial charge in [0, 0.05) is 32.5 Å². The Balaban J connectivity index is 1.56. The fraction of sp³-hybridized carbons (Fsp3) is 0.625. The van der Waals surface area contributed by atoms with Crippen molar-refractivity contribution in [3.05, 3.63) is 12.4 Å². The van der Waals surface area contributed by atoms with Gasteiger partial charge in [0.2, 0.25) is 27.8 Å². The third kappa shape index (κ3) is 4.69. The molecule has 1 aromatic heterocycles. The van der Waals surface area contributed by atoms with Crippen LogP contribution in [0.4, 0.5) is 11.6 Å². The lowest BCUT2D eigenvalue weighted by Crippen LogP contribution is -2.43. The van der Waals surface area contributed by atoms with Crippen molar-refractivity contribution >= 4 is 33.5 Å². The smallest absolute Gasteiger partial charge is 0.234 e. The molecule has 142 valence electrons. The molecule has 2 amide bonds. The minimum absolute atomic E-state index is 0.139. The molecule has 10 heteroatoms. The van der Waals surface area contributed by atoms with E-state index in [4.69, 9.17) is 0 Å². The number of nitrogens with zero attached hydrogens (tertiary/aromatic N) is 4. The molecule has 0 unspecified atom stereocenters. The monoisotopic (exact) mass is 381 g/mol. The van der Waals surface area contributed by atoms with Crippen molar-refractivity contribution in [2.24, 2.45) is 0 Å². The van der Waals surface area contributed by atoms with Crippen LogP contribution in [0.25, 0.3) is 0 Å². The van der Waals surface area contributed by atoms with Gasteiger partial charge in [-0.2, -0.15) is 0 Å². The summed E-state index contributed by atoms with van der Waals surface area (Å²) in [5.41, 5.74) is 0.266. The topological polar surface area (TPSA) is 113 Å². The van der Waals surface area contributed by atoms with E-state index in [0.29, 0.717) is 12.4 Å². The Labute approximate surface area is 152 Å². The zero-order valence-electron chi connectivity index (χ0n) is 14.6. The van der Waals surface area contributed by atoms with Gasteiger partial charge in [0.15, 0.2) is 0 Å². The van der Waals surface area contributed by atoms with Crippen molar-refractivity contribution in [1.29, 1.82) is 0 Å². The van der Waals surface area contributed by atoms with Gasteiger partial charge in [-0.15, -0.1) is 0 Å². The summed E-state index contributed by atoms with van der Waals surface area (Å²) in [4.78, 5) is 35.0. The maximum absolute atomic E-state index is 12.2. The molecule has 26 heavy (non-hydrogen) atoms. The van der Waals surface area contributed by atoms with E-state index >= 15 is 0 Å². The Kier molecular flexibility index (Phi) is 5.70. The van der Waals surface area contributed by atoms with Crippen molar-refractivity contribution in [2.75, 3.05) is 35.0 Å². The number of hydrogen-bond donors (Lipinski definition) is 1. The zero-order chi connectivity index (χ0) is 18.6. The van der Waals surface area contributed by atoms with Crippen LogP contribution < -0.4 is 9.62 Å². The highest BCUT2D eigenvalue weighted by Gasteiger charge is 2.27. The number of anilines is 2. The molecule has 2 saturated heterocycles. The van der Waals surface area contributed by atoms with Gasteiger partial charge in [-0.05, 0) is 25.7 Å². The number of rotatable bonds is 6. The van der Waals surface area contributed by atoms with Crippen LogP contribution in [0.1, 0.15) is 38.5 Å². The molecule has 1 aromatic rings. The van der Waals surface area contributed by atoms with E-state index in [2.05, 4.69) is 19.6 Å². The van der Waals surface area contributed by atoms with Crippen LogP contribution in [0.2, 0.25) is 0 Å². The molecule has 1 N–H and O–H groups in total. The molecule has 0 atom stereocenters. The second-order valence-corrected chi connectivity index (χ2v) is 8.37. The summed E-state index contributed by atoms with van der Waals surface area (Å²) >= 11 is 0. The summed E-state index contributed by atoms with van der Waals surface area (Å²) in [5, 5.41) is 0. The van der Waals surface area contributed by atoms with Gasteiger partial charge >= 0.3 is 0 Å². The van der Waals surface area contributed by atoms with Gasteiger partial charge in [-0.1, -0.05) is 0 Å². The van der Waals surface area contributed by atoms with Gasteiger partial charge < -0.3 is 4.90 Å². The Morgan fingerprint density at radius 2 is 1.58 bits per heavy atom. The Bertz CT molecular complexity index is 743. The number of sulfonamides is 1. The molecule has 0 aliphatic carbocycles. The number of imide groups is 1. The number of likely N-dealkylation sites (tertiary alicyclic amines) is 1. The van der Waals surface area contributed by atoms with E-state index in [9.17, 15) is 18.0 Å². The van der Waals surface area contributed by atoms with Crippen LogP contribution in [0.5, 0.6) is 0 Å². The van der Waals surface area contributed by atoms with Gasteiger partial charge in [0.05, 0.1) is 23.8 Å². The molecule has 0 bridgehead atoms. The average molecular weight is 381 g/mol. The van der Waals surface area contributed by atoms with Gasteiger partial charge in [0.1, 0.15) is 0 Å². The van der Waals surface area contributed by atoms with Crippen LogP contribution in [0.3, 0.4) is 0 Å². The van der Waals surface area contributed by atoms with Crippen LogP contribution in [-0.4, -0.2) is 60.5 Å². The van der Waals surface area contributed by atoms with Crippen molar-refractivity contribution in [3.63, 3.8) is 0 Å². The second kappa shape index (κ2) is 7.98. The summed E-state index contributed by atoms with van der Waals surface area (Å²) < 4.78 is 26.8. The second-order valence-electron chi connectivity index (χ2n) is 6.53. The van der Waals surface area contributed by atoms with E-state index in [0.717, 1.165) is 30.8 Å². The third-order valence-corrected chi connectivity index (χ3v) is 5.78. The summed E-state index contributed by atoms with van der Waals surface area (Å²) in [6.07, 6.45) is 7.38. The molecule has 2 fully saturated rings. The average Bonchev–Trinajstić information content (AvgIpc) is 2.62. The van der Waals surface area contributed by atoms with Gasteiger partial charge in [-0.25, -0.2) is 18.4 Å². The Morgan fingerprint density at radius 3 is 2.19 bits per heavy atom. The highest BCUT2D eigenvalue weighted by molar-refractivity contribution is 7.92. The molecule has 0 aromatic carbocycles. The first-order valence-electron chi connectivity index (χ1n) is 8.85. The first kappa shape index (κ1) is 18.6. The van der Waals surface area contributed by atoms with Crippen LogP contribution >= 0.6 is 0 Å². The first-order chi connectivity index (χ1) is 12.4. The molecule has 0 spiro atoms. The van der Waals surface area contributed by atoms with Crippen molar-refractivity contribution in [3.8, 4) is 0 Å². The number of amides is 2. The van der Waals surface area contributed by atoms with E-state index < -0.39 is 10.0 Å².